The maximum absolute atomic E-state index is 13.2. The van der Waals surface area contributed by atoms with E-state index in [1.165, 1.54) is 12.1 Å². The van der Waals surface area contributed by atoms with Crippen molar-refractivity contribution in [3.8, 4) is 11.5 Å². The van der Waals surface area contributed by atoms with Gasteiger partial charge in [-0.15, -0.1) is 10.2 Å². The Labute approximate surface area is 178 Å². The summed E-state index contributed by atoms with van der Waals surface area (Å²) in [4.78, 5) is 16.5. The van der Waals surface area contributed by atoms with Crippen molar-refractivity contribution in [1.29, 1.82) is 0 Å². The molecule has 1 fully saturated rings. The normalized spacial score (nSPS) is 15.3. The summed E-state index contributed by atoms with van der Waals surface area (Å²) in [7, 11) is 0. The second kappa shape index (κ2) is 9.34. The van der Waals surface area contributed by atoms with Gasteiger partial charge in [-0.1, -0.05) is 29.8 Å². The molecule has 156 valence electrons. The van der Waals surface area contributed by atoms with E-state index in [9.17, 15) is 9.18 Å². The van der Waals surface area contributed by atoms with Gasteiger partial charge >= 0.3 is 0 Å². The zero-order valence-corrected chi connectivity index (χ0v) is 17.0. The predicted octanol–water partition coefficient (Wildman–Crippen LogP) is 3.29. The first kappa shape index (κ1) is 20.5. The molecule has 0 spiro atoms. The van der Waals surface area contributed by atoms with Crippen molar-refractivity contribution in [3.05, 3.63) is 65.3 Å². The highest BCUT2D eigenvalue weighted by molar-refractivity contribution is 6.33. The number of piperazine rings is 1. The molecule has 0 unspecified atom stereocenters. The van der Waals surface area contributed by atoms with E-state index in [2.05, 4.69) is 25.3 Å². The number of nitrogens with zero attached hydrogens (tertiary/aromatic N) is 4. The minimum absolute atomic E-state index is 0.157. The summed E-state index contributed by atoms with van der Waals surface area (Å²) < 4.78 is 19.0. The van der Waals surface area contributed by atoms with Gasteiger partial charge in [0.2, 0.25) is 17.7 Å². The third-order valence-corrected chi connectivity index (χ3v) is 5.20. The molecular weight excluding hydrogens is 409 g/mol. The van der Waals surface area contributed by atoms with Crippen LogP contribution in [-0.2, 0) is 11.3 Å². The Kier molecular flexibility index (Phi) is 6.37. The molecule has 1 saturated heterocycles. The molecular formula is C21H21ClFN5O2. The van der Waals surface area contributed by atoms with Crippen LogP contribution in [0.4, 0.5) is 10.1 Å². The van der Waals surface area contributed by atoms with E-state index in [-0.39, 0.29) is 18.3 Å². The summed E-state index contributed by atoms with van der Waals surface area (Å²) in [6.07, 6.45) is 0. The van der Waals surface area contributed by atoms with Gasteiger partial charge in [0.25, 0.3) is 0 Å². The first-order valence-corrected chi connectivity index (χ1v) is 10.0. The second-order valence-corrected chi connectivity index (χ2v) is 7.50. The number of amides is 1. The average Bonchev–Trinajstić information content (AvgIpc) is 3.18. The van der Waals surface area contributed by atoms with Gasteiger partial charge in [-0.3, -0.25) is 14.6 Å². The molecule has 4 rings (SSSR count). The molecule has 1 N–H and O–H groups in total. The van der Waals surface area contributed by atoms with Gasteiger partial charge in [0.05, 0.1) is 23.7 Å². The average molecular weight is 430 g/mol. The van der Waals surface area contributed by atoms with Crippen molar-refractivity contribution in [1.82, 2.24) is 20.0 Å². The smallest absolute Gasteiger partial charge is 0.249 e. The Morgan fingerprint density at radius 2 is 1.83 bits per heavy atom. The van der Waals surface area contributed by atoms with Gasteiger partial charge < -0.3 is 9.73 Å². The number of carbonyl (C=O) groups excluding carboxylic acids is 1. The fraction of sp³-hybridized carbons (Fsp3) is 0.286. The SMILES string of the molecule is O=C(CN1CCN(Cc2nnc(-c3ccccc3Cl)o2)CC1)Nc1cccc(F)c1. The lowest BCUT2D eigenvalue weighted by molar-refractivity contribution is -0.117. The molecule has 30 heavy (non-hydrogen) atoms. The van der Waals surface area contributed by atoms with E-state index >= 15 is 0 Å². The third kappa shape index (κ3) is 5.21. The summed E-state index contributed by atoms with van der Waals surface area (Å²) in [6, 6.07) is 13.2. The van der Waals surface area contributed by atoms with Gasteiger partial charge in [-0.2, -0.15) is 0 Å². The maximum atomic E-state index is 13.2. The van der Waals surface area contributed by atoms with Crippen LogP contribution in [-0.4, -0.2) is 58.6 Å². The third-order valence-electron chi connectivity index (χ3n) is 4.87. The number of benzene rings is 2. The Morgan fingerprint density at radius 3 is 2.60 bits per heavy atom. The van der Waals surface area contributed by atoms with Gasteiger partial charge in [-0.25, -0.2) is 4.39 Å². The molecule has 0 radical (unpaired) electrons. The van der Waals surface area contributed by atoms with Crippen molar-refractivity contribution in [3.63, 3.8) is 0 Å². The van der Waals surface area contributed by atoms with Gasteiger partial charge in [0, 0.05) is 31.9 Å². The highest BCUT2D eigenvalue weighted by Gasteiger charge is 2.21. The molecule has 3 aromatic rings. The van der Waals surface area contributed by atoms with Crippen molar-refractivity contribution in [2.45, 2.75) is 6.54 Å². The molecule has 1 aromatic heterocycles. The quantitative estimate of drug-likeness (QED) is 0.648. The van der Waals surface area contributed by atoms with Crippen molar-refractivity contribution in [2.24, 2.45) is 0 Å². The van der Waals surface area contributed by atoms with E-state index < -0.39 is 0 Å². The second-order valence-electron chi connectivity index (χ2n) is 7.09. The van der Waals surface area contributed by atoms with Gasteiger partial charge in [-0.05, 0) is 30.3 Å². The van der Waals surface area contributed by atoms with E-state index in [4.69, 9.17) is 16.0 Å². The minimum Gasteiger partial charge on any atom is -0.419 e. The van der Waals surface area contributed by atoms with Gasteiger partial charge in [0.1, 0.15) is 5.82 Å². The standard InChI is InChI=1S/C21H21ClFN5O2/c22-18-7-2-1-6-17(18)21-26-25-20(30-21)14-28-10-8-27(9-11-28)13-19(29)24-16-5-3-4-15(23)12-16/h1-7,12H,8-11,13-14H2,(H,24,29). The molecule has 2 heterocycles. The Balaban J connectivity index is 1.25. The molecule has 0 atom stereocenters. The van der Waals surface area contributed by atoms with Crippen molar-refractivity contribution < 1.29 is 13.6 Å². The zero-order valence-electron chi connectivity index (χ0n) is 16.2. The number of halogens is 2. The van der Waals surface area contributed by atoms with E-state index in [1.54, 1.807) is 18.2 Å². The van der Waals surface area contributed by atoms with Crippen LogP contribution in [0.5, 0.6) is 0 Å². The largest absolute Gasteiger partial charge is 0.419 e. The molecule has 1 aliphatic rings. The first-order valence-electron chi connectivity index (χ1n) is 9.64. The summed E-state index contributed by atoms with van der Waals surface area (Å²) >= 11 is 6.18. The van der Waals surface area contributed by atoms with Crippen LogP contribution < -0.4 is 5.32 Å². The van der Waals surface area contributed by atoms with Crippen molar-refractivity contribution >= 4 is 23.2 Å². The molecule has 1 amide bonds. The Morgan fingerprint density at radius 1 is 1.07 bits per heavy atom. The molecule has 0 bridgehead atoms. The topological polar surface area (TPSA) is 74.5 Å². The number of anilines is 1. The van der Waals surface area contributed by atoms with Crippen LogP contribution in [0, 0.1) is 5.82 Å². The summed E-state index contributed by atoms with van der Waals surface area (Å²) in [5.41, 5.74) is 1.18. The highest BCUT2D eigenvalue weighted by atomic mass is 35.5. The van der Waals surface area contributed by atoms with Crippen LogP contribution in [0.2, 0.25) is 5.02 Å². The van der Waals surface area contributed by atoms with Crippen LogP contribution in [0.1, 0.15) is 5.89 Å². The molecule has 9 heteroatoms. The lowest BCUT2D eigenvalue weighted by atomic mass is 10.2. The number of hydrogen-bond acceptors (Lipinski definition) is 6. The van der Waals surface area contributed by atoms with Crippen LogP contribution in [0.25, 0.3) is 11.5 Å². The molecule has 0 saturated carbocycles. The van der Waals surface area contributed by atoms with Crippen molar-refractivity contribution in [2.75, 3.05) is 38.0 Å². The maximum Gasteiger partial charge on any atom is 0.249 e. The number of rotatable bonds is 6. The Hall–Kier alpha value is -2.81. The van der Waals surface area contributed by atoms with E-state index in [0.29, 0.717) is 34.6 Å². The number of hydrogen-bond donors (Lipinski definition) is 1. The first-order chi connectivity index (χ1) is 14.6. The van der Waals surface area contributed by atoms with E-state index in [0.717, 1.165) is 26.2 Å². The van der Waals surface area contributed by atoms with E-state index in [1.807, 2.05) is 18.2 Å². The van der Waals surface area contributed by atoms with Crippen LogP contribution in [0.15, 0.2) is 52.9 Å². The van der Waals surface area contributed by atoms with Gasteiger partial charge in [0.15, 0.2) is 0 Å². The molecule has 7 nitrogen and oxygen atoms in total. The zero-order chi connectivity index (χ0) is 20.9. The summed E-state index contributed by atoms with van der Waals surface area (Å²) in [6.45, 7) is 3.83. The minimum atomic E-state index is -0.375. The lowest BCUT2D eigenvalue weighted by Crippen LogP contribution is -2.48. The van der Waals surface area contributed by atoms with Crippen LogP contribution in [0.3, 0.4) is 0 Å². The fourth-order valence-corrected chi connectivity index (χ4v) is 3.54. The number of nitrogens with one attached hydrogen (secondary N) is 1. The summed E-state index contributed by atoms with van der Waals surface area (Å²) in [5.74, 6) is 0.404. The Bertz CT molecular complexity index is 1020. The molecule has 2 aromatic carbocycles. The number of aromatic nitrogens is 2. The monoisotopic (exact) mass is 429 g/mol. The number of carbonyl (C=O) groups is 1. The summed E-state index contributed by atoms with van der Waals surface area (Å²) in [5, 5.41) is 11.5. The molecule has 1 aliphatic heterocycles. The fourth-order valence-electron chi connectivity index (χ4n) is 3.33. The molecule has 0 aliphatic carbocycles. The predicted molar refractivity (Wildman–Crippen MR) is 111 cm³/mol. The highest BCUT2D eigenvalue weighted by Crippen LogP contribution is 2.26. The lowest BCUT2D eigenvalue weighted by Gasteiger charge is -2.33. The van der Waals surface area contributed by atoms with Crippen LogP contribution >= 0.6 is 11.6 Å².